The number of likely N-dealkylation sites (N-methyl/N-ethyl adjacent to an activating group) is 1. The lowest BCUT2D eigenvalue weighted by Gasteiger charge is -2.24. The van der Waals surface area contributed by atoms with Crippen LogP contribution in [0, 0.1) is 6.92 Å². The number of para-hydroxylation sites is 1. The van der Waals surface area contributed by atoms with Crippen LogP contribution in [0.25, 0.3) is 0 Å². The number of aryl methyl sites for hydroxylation is 1. The van der Waals surface area contributed by atoms with Crippen molar-refractivity contribution >= 4 is 17.3 Å². The molecule has 0 bridgehead atoms. The van der Waals surface area contributed by atoms with Crippen LogP contribution in [0.1, 0.15) is 12.0 Å². The Morgan fingerprint density at radius 1 is 1.29 bits per heavy atom. The molecule has 0 radical (unpaired) electrons. The fourth-order valence-corrected chi connectivity index (χ4v) is 2.13. The van der Waals surface area contributed by atoms with Crippen molar-refractivity contribution in [1.29, 1.82) is 0 Å². The van der Waals surface area contributed by atoms with Crippen LogP contribution in [0.2, 0.25) is 0 Å². The molecule has 92 valence electrons. The van der Waals surface area contributed by atoms with Gasteiger partial charge in [0.25, 0.3) is 0 Å². The summed E-state index contributed by atoms with van der Waals surface area (Å²) in [5, 5.41) is 0. The molecule has 2 N–H and O–H groups in total. The van der Waals surface area contributed by atoms with E-state index in [4.69, 9.17) is 5.73 Å². The second-order valence-electron chi connectivity index (χ2n) is 4.60. The predicted octanol–water partition coefficient (Wildman–Crippen LogP) is 1.25. The van der Waals surface area contributed by atoms with Crippen LogP contribution in [0.15, 0.2) is 18.2 Å². The second-order valence-corrected chi connectivity index (χ2v) is 4.60. The van der Waals surface area contributed by atoms with Crippen molar-refractivity contribution in [2.24, 2.45) is 0 Å². The Balaban J connectivity index is 2.27. The van der Waals surface area contributed by atoms with Crippen molar-refractivity contribution < 1.29 is 4.79 Å². The molecule has 0 aromatic heterocycles. The molecule has 1 aromatic carbocycles. The van der Waals surface area contributed by atoms with Gasteiger partial charge in [-0.25, -0.2) is 0 Å². The molecule has 1 amide bonds. The van der Waals surface area contributed by atoms with Gasteiger partial charge in [0.2, 0.25) is 5.91 Å². The van der Waals surface area contributed by atoms with E-state index in [1.54, 1.807) is 4.90 Å². The van der Waals surface area contributed by atoms with E-state index in [1.165, 1.54) is 0 Å². The molecule has 1 saturated heterocycles. The Morgan fingerprint density at radius 2 is 2.06 bits per heavy atom. The van der Waals surface area contributed by atoms with E-state index in [9.17, 15) is 4.79 Å². The summed E-state index contributed by atoms with van der Waals surface area (Å²) in [6.45, 7) is 4.11. The lowest BCUT2D eigenvalue weighted by molar-refractivity contribution is -0.127. The highest BCUT2D eigenvalue weighted by Crippen LogP contribution is 2.26. The van der Waals surface area contributed by atoms with Crippen LogP contribution in [0.4, 0.5) is 11.4 Å². The van der Waals surface area contributed by atoms with Crippen LogP contribution in [-0.4, -0.2) is 37.5 Å². The molecule has 0 saturated carbocycles. The highest BCUT2D eigenvalue weighted by molar-refractivity contribution is 5.84. The maximum Gasteiger partial charge on any atom is 0.241 e. The summed E-state index contributed by atoms with van der Waals surface area (Å²) in [7, 11) is 1.85. The van der Waals surface area contributed by atoms with Crippen LogP contribution in [0.3, 0.4) is 0 Å². The molecule has 1 aliphatic rings. The molecule has 0 atom stereocenters. The molecular weight excluding hydrogens is 214 g/mol. The minimum absolute atomic E-state index is 0.156. The number of carbonyl (C=O) groups is 1. The van der Waals surface area contributed by atoms with Gasteiger partial charge in [0.15, 0.2) is 0 Å². The highest BCUT2D eigenvalue weighted by Gasteiger charge is 2.20. The first kappa shape index (κ1) is 11.8. The van der Waals surface area contributed by atoms with E-state index >= 15 is 0 Å². The van der Waals surface area contributed by atoms with Crippen molar-refractivity contribution in [2.75, 3.05) is 37.3 Å². The zero-order chi connectivity index (χ0) is 12.4. The van der Waals surface area contributed by atoms with Gasteiger partial charge >= 0.3 is 0 Å². The van der Waals surface area contributed by atoms with Crippen molar-refractivity contribution in [1.82, 2.24) is 4.90 Å². The molecule has 0 unspecified atom stereocenters. The Bertz CT molecular complexity index is 431. The van der Waals surface area contributed by atoms with E-state index in [1.807, 2.05) is 32.2 Å². The first-order chi connectivity index (χ1) is 8.09. The van der Waals surface area contributed by atoms with Gasteiger partial charge in [-0.05, 0) is 25.0 Å². The molecule has 4 nitrogen and oxygen atoms in total. The zero-order valence-corrected chi connectivity index (χ0v) is 10.4. The molecule has 0 spiro atoms. The summed E-state index contributed by atoms with van der Waals surface area (Å²) in [5.74, 6) is 0.156. The minimum Gasteiger partial charge on any atom is -0.397 e. The van der Waals surface area contributed by atoms with Crippen molar-refractivity contribution in [3.63, 3.8) is 0 Å². The molecule has 0 aliphatic carbocycles. The Hall–Kier alpha value is -1.71. The standard InChI is InChI=1S/C13H19N3O/c1-10-5-3-6-11(13(10)14)16-8-4-7-15(2)12(17)9-16/h3,5-6H,4,7-9,14H2,1-2H3. The van der Waals surface area contributed by atoms with Crippen LogP contribution >= 0.6 is 0 Å². The lowest BCUT2D eigenvalue weighted by atomic mass is 10.1. The molecular formula is C13H19N3O. The predicted molar refractivity (Wildman–Crippen MR) is 70.1 cm³/mol. The highest BCUT2D eigenvalue weighted by atomic mass is 16.2. The summed E-state index contributed by atoms with van der Waals surface area (Å²) in [5.41, 5.74) is 8.90. The Labute approximate surface area is 102 Å². The van der Waals surface area contributed by atoms with Gasteiger partial charge in [0.1, 0.15) is 0 Å². The summed E-state index contributed by atoms with van der Waals surface area (Å²) in [6, 6.07) is 5.96. The van der Waals surface area contributed by atoms with E-state index < -0.39 is 0 Å². The Morgan fingerprint density at radius 3 is 2.82 bits per heavy atom. The van der Waals surface area contributed by atoms with Gasteiger partial charge in [0.05, 0.1) is 17.9 Å². The third-order valence-electron chi connectivity index (χ3n) is 3.32. The molecule has 1 aliphatic heterocycles. The van der Waals surface area contributed by atoms with Gasteiger partial charge < -0.3 is 15.5 Å². The SMILES string of the molecule is Cc1cccc(N2CCCN(C)C(=O)C2)c1N. The quantitative estimate of drug-likeness (QED) is 0.743. The number of nitrogens with zero attached hydrogens (tertiary/aromatic N) is 2. The second kappa shape index (κ2) is 4.65. The summed E-state index contributed by atoms with van der Waals surface area (Å²) in [4.78, 5) is 15.7. The number of hydrogen-bond acceptors (Lipinski definition) is 3. The Kier molecular flexibility index (Phi) is 3.22. The normalized spacial score (nSPS) is 17.2. The maximum atomic E-state index is 11.8. The number of amides is 1. The minimum atomic E-state index is 0.156. The van der Waals surface area contributed by atoms with Gasteiger partial charge in [0, 0.05) is 20.1 Å². The average Bonchev–Trinajstić information content (AvgIpc) is 2.46. The summed E-state index contributed by atoms with van der Waals surface area (Å²) < 4.78 is 0. The van der Waals surface area contributed by atoms with E-state index in [0.29, 0.717) is 6.54 Å². The molecule has 4 heteroatoms. The van der Waals surface area contributed by atoms with Crippen molar-refractivity contribution in [3.8, 4) is 0 Å². The van der Waals surface area contributed by atoms with Gasteiger partial charge in [-0.2, -0.15) is 0 Å². The van der Waals surface area contributed by atoms with E-state index in [2.05, 4.69) is 4.90 Å². The topological polar surface area (TPSA) is 49.6 Å². The molecule has 2 rings (SSSR count). The van der Waals surface area contributed by atoms with Gasteiger partial charge in [-0.3, -0.25) is 4.79 Å². The first-order valence-electron chi connectivity index (χ1n) is 5.93. The summed E-state index contributed by atoms with van der Waals surface area (Å²) >= 11 is 0. The largest absolute Gasteiger partial charge is 0.397 e. The third kappa shape index (κ3) is 2.35. The lowest BCUT2D eigenvalue weighted by Crippen LogP contribution is -2.34. The molecule has 1 heterocycles. The zero-order valence-electron chi connectivity index (χ0n) is 10.4. The molecule has 1 fully saturated rings. The molecule has 17 heavy (non-hydrogen) atoms. The fourth-order valence-electron chi connectivity index (χ4n) is 2.13. The number of nitrogens with two attached hydrogens (primary N) is 1. The average molecular weight is 233 g/mol. The van der Waals surface area contributed by atoms with Crippen LogP contribution in [-0.2, 0) is 4.79 Å². The number of nitrogen functional groups attached to an aromatic ring is 1. The summed E-state index contributed by atoms with van der Waals surface area (Å²) in [6.07, 6.45) is 0.982. The number of benzene rings is 1. The van der Waals surface area contributed by atoms with Crippen LogP contribution < -0.4 is 10.6 Å². The van der Waals surface area contributed by atoms with Gasteiger partial charge in [-0.15, -0.1) is 0 Å². The van der Waals surface area contributed by atoms with E-state index in [-0.39, 0.29) is 5.91 Å². The monoisotopic (exact) mass is 233 g/mol. The van der Waals surface area contributed by atoms with Crippen molar-refractivity contribution in [2.45, 2.75) is 13.3 Å². The van der Waals surface area contributed by atoms with Gasteiger partial charge in [-0.1, -0.05) is 12.1 Å². The smallest absolute Gasteiger partial charge is 0.241 e. The molecule has 1 aromatic rings. The van der Waals surface area contributed by atoms with Crippen molar-refractivity contribution in [3.05, 3.63) is 23.8 Å². The third-order valence-corrected chi connectivity index (χ3v) is 3.32. The van der Waals surface area contributed by atoms with E-state index in [0.717, 1.165) is 36.4 Å². The van der Waals surface area contributed by atoms with Crippen LogP contribution in [0.5, 0.6) is 0 Å². The first-order valence-corrected chi connectivity index (χ1v) is 5.93. The number of anilines is 2. The fraction of sp³-hybridized carbons (Fsp3) is 0.462. The number of rotatable bonds is 1. The number of hydrogen-bond donors (Lipinski definition) is 1. The maximum absolute atomic E-state index is 11.8. The number of carbonyl (C=O) groups excluding carboxylic acids is 1.